The van der Waals surface area contributed by atoms with Crippen LogP contribution in [0.15, 0.2) is 24.3 Å². The monoisotopic (exact) mass is 253 g/mol. The summed E-state index contributed by atoms with van der Waals surface area (Å²) in [6, 6.07) is 6.10. The van der Waals surface area contributed by atoms with Crippen LogP contribution in [-0.2, 0) is 0 Å². The predicted octanol–water partition coefficient (Wildman–Crippen LogP) is 2.68. The highest BCUT2D eigenvalue weighted by Crippen LogP contribution is 2.15. The van der Waals surface area contributed by atoms with Gasteiger partial charge in [-0.25, -0.2) is 0 Å². The molecule has 0 radical (unpaired) electrons. The van der Waals surface area contributed by atoms with Crippen molar-refractivity contribution in [2.75, 3.05) is 5.32 Å². The molecule has 6 heteroatoms. The van der Waals surface area contributed by atoms with Crippen molar-refractivity contribution in [2.45, 2.75) is 26.3 Å². The number of rotatable bonds is 2. The molecule has 5 nitrogen and oxygen atoms in total. The molecule has 2 N–H and O–H groups in total. The number of hydrogen-bond acceptors (Lipinski definition) is 3. The molecule has 92 valence electrons. The van der Waals surface area contributed by atoms with E-state index in [1.807, 2.05) is 20.8 Å². The molecule has 0 amide bonds. The molecule has 0 aromatic heterocycles. The summed E-state index contributed by atoms with van der Waals surface area (Å²) in [5, 5.41) is 17.0. The summed E-state index contributed by atoms with van der Waals surface area (Å²) in [5.74, 6) is 0. The number of nitro benzene ring substituents is 1. The number of nitrogens with one attached hydrogen (secondary N) is 2. The van der Waals surface area contributed by atoms with E-state index in [1.165, 1.54) is 12.1 Å². The van der Waals surface area contributed by atoms with E-state index in [1.54, 1.807) is 12.1 Å². The maximum Gasteiger partial charge on any atom is 0.269 e. The highest BCUT2D eigenvalue weighted by molar-refractivity contribution is 7.80. The van der Waals surface area contributed by atoms with Crippen LogP contribution in [0.2, 0.25) is 0 Å². The number of non-ortho nitro benzene ring substituents is 1. The largest absolute Gasteiger partial charge is 0.358 e. The minimum absolute atomic E-state index is 0.0604. The lowest BCUT2D eigenvalue weighted by molar-refractivity contribution is -0.384. The predicted molar refractivity (Wildman–Crippen MR) is 72.2 cm³/mol. The van der Waals surface area contributed by atoms with E-state index in [0.29, 0.717) is 5.11 Å². The van der Waals surface area contributed by atoms with Gasteiger partial charge in [0.1, 0.15) is 0 Å². The number of nitrogens with zero attached hydrogens (tertiary/aromatic N) is 1. The van der Waals surface area contributed by atoms with Crippen molar-refractivity contribution >= 4 is 28.7 Å². The highest BCUT2D eigenvalue weighted by Gasteiger charge is 2.11. The summed E-state index contributed by atoms with van der Waals surface area (Å²) in [6.07, 6.45) is 0. The van der Waals surface area contributed by atoms with Crippen LogP contribution in [-0.4, -0.2) is 15.6 Å². The fraction of sp³-hybridized carbons (Fsp3) is 0.364. The van der Waals surface area contributed by atoms with Crippen molar-refractivity contribution in [1.29, 1.82) is 0 Å². The number of benzene rings is 1. The van der Waals surface area contributed by atoms with Gasteiger partial charge in [0.05, 0.1) is 4.92 Å². The van der Waals surface area contributed by atoms with Crippen molar-refractivity contribution in [3.63, 3.8) is 0 Å². The first-order valence-electron chi connectivity index (χ1n) is 5.11. The molecule has 0 saturated heterocycles. The third-order valence-electron chi connectivity index (χ3n) is 1.82. The van der Waals surface area contributed by atoms with E-state index < -0.39 is 4.92 Å². The molecule has 17 heavy (non-hydrogen) atoms. The Labute approximate surface area is 105 Å². The summed E-state index contributed by atoms with van der Waals surface area (Å²) in [5.41, 5.74) is 0.660. The molecule has 0 saturated carbocycles. The molecule has 1 aromatic carbocycles. The third-order valence-corrected chi connectivity index (χ3v) is 2.03. The average molecular weight is 253 g/mol. The topological polar surface area (TPSA) is 67.2 Å². The van der Waals surface area contributed by atoms with Crippen LogP contribution in [0, 0.1) is 10.1 Å². The summed E-state index contributed by atoms with van der Waals surface area (Å²) in [7, 11) is 0. The highest BCUT2D eigenvalue weighted by atomic mass is 32.1. The van der Waals surface area contributed by atoms with E-state index in [4.69, 9.17) is 12.2 Å². The second-order valence-corrected chi connectivity index (χ2v) is 5.04. The molecular weight excluding hydrogens is 238 g/mol. The molecule has 0 atom stereocenters. The van der Waals surface area contributed by atoms with Gasteiger partial charge < -0.3 is 10.6 Å². The second kappa shape index (κ2) is 5.09. The van der Waals surface area contributed by atoms with Crippen LogP contribution >= 0.6 is 12.2 Å². The first kappa shape index (κ1) is 13.4. The fourth-order valence-electron chi connectivity index (χ4n) is 1.17. The molecule has 1 aromatic rings. The number of thiocarbonyl (C=S) groups is 1. The summed E-state index contributed by atoms with van der Waals surface area (Å²) >= 11 is 5.11. The van der Waals surface area contributed by atoms with Gasteiger partial charge in [-0.1, -0.05) is 0 Å². The van der Waals surface area contributed by atoms with Crippen molar-refractivity contribution in [2.24, 2.45) is 0 Å². The van der Waals surface area contributed by atoms with Crippen LogP contribution in [0.5, 0.6) is 0 Å². The molecule has 0 fully saturated rings. The Kier molecular flexibility index (Phi) is 4.01. The zero-order valence-corrected chi connectivity index (χ0v) is 10.8. The SMILES string of the molecule is CC(C)(C)NC(=S)Nc1ccc([N+](=O)[O-])cc1. The second-order valence-electron chi connectivity index (χ2n) is 4.63. The Morgan fingerprint density at radius 3 is 2.24 bits per heavy atom. The first-order chi connectivity index (χ1) is 7.78. The van der Waals surface area contributed by atoms with Crippen molar-refractivity contribution in [3.05, 3.63) is 34.4 Å². The van der Waals surface area contributed by atoms with Gasteiger partial charge in [-0.2, -0.15) is 0 Å². The molecule has 0 heterocycles. The molecule has 0 spiro atoms. The lowest BCUT2D eigenvalue weighted by Crippen LogP contribution is -2.42. The lowest BCUT2D eigenvalue weighted by atomic mass is 10.1. The Balaban J connectivity index is 2.64. The summed E-state index contributed by atoms with van der Waals surface area (Å²) in [6.45, 7) is 5.99. The molecule has 0 aliphatic rings. The average Bonchev–Trinajstić information content (AvgIpc) is 2.15. The molecule has 0 bridgehead atoms. The van der Waals surface area contributed by atoms with Gasteiger partial charge in [-0.3, -0.25) is 10.1 Å². The summed E-state index contributed by atoms with van der Waals surface area (Å²) < 4.78 is 0. The van der Waals surface area contributed by atoms with Crippen molar-refractivity contribution < 1.29 is 4.92 Å². The van der Waals surface area contributed by atoms with Gasteiger partial charge in [0.25, 0.3) is 5.69 Å². The Morgan fingerprint density at radius 1 is 1.29 bits per heavy atom. The first-order valence-corrected chi connectivity index (χ1v) is 5.52. The maximum atomic E-state index is 10.5. The van der Waals surface area contributed by atoms with Crippen LogP contribution in [0.3, 0.4) is 0 Å². The van der Waals surface area contributed by atoms with Gasteiger partial charge in [0, 0.05) is 23.4 Å². The zero-order valence-electron chi connectivity index (χ0n) is 9.98. The third kappa shape index (κ3) is 4.78. The molecular formula is C11H15N3O2S. The number of hydrogen-bond donors (Lipinski definition) is 2. The fourth-order valence-corrected chi connectivity index (χ4v) is 1.59. The van der Waals surface area contributed by atoms with Gasteiger partial charge in [0.15, 0.2) is 5.11 Å². The van der Waals surface area contributed by atoms with Crippen molar-refractivity contribution in [1.82, 2.24) is 5.32 Å². The van der Waals surface area contributed by atoms with Gasteiger partial charge in [-0.15, -0.1) is 0 Å². The van der Waals surface area contributed by atoms with Crippen LogP contribution in [0.1, 0.15) is 20.8 Å². The van der Waals surface area contributed by atoms with Crippen LogP contribution < -0.4 is 10.6 Å². The van der Waals surface area contributed by atoms with Gasteiger partial charge in [-0.05, 0) is 45.1 Å². The number of nitro groups is 1. The Bertz CT molecular complexity index is 423. The minimum Gasteiger partial charge on any atom is -0.358 e. The zero-order chi connectivity index (χ0) is 13.1. The van der Waals surface area contributed by atoms with Crippen molar-refractivity contribution in [3.8, 4) is 0 Å². The minimum atomic E-state index is -0.435. The van der Waals surface area contributed by atoms with Gasteiger partial charge >= 0.3 is 0 Å². The van der Waals surface area contributed by atoms with Crippen LogP contribution in [0.4, 0.5) is 11.4 Å². The smallest absolute Gasteiger partial charge is 0.269 e. The molecule has 1 rings (SSSR count). The van der Waals surface area contributed by atoms with E-state index in [-0.39, 0.29) is 11.2 Å². The Morgan fingerprint density at radius 2 is 1.82 bits per heavy atom. The van der Waals surface area contributed by atoms with E-state index >= 15 is 0 Å². The normalized spacial score (nSPS) is 10.8. The van der Waals surface area contributed by atoms with Crippen LogP contribution in [0.25, 0.3) is 0 Å². The lowest BCUT2D eigenvalue weighted by Gasteiger charge is -2.22. The molecule has 0 aliphatic carbocycles. The molecule has 0 unspecified atom stereocenters. The quantitative estimate of drug-likeness (QED) is 0.482. The maximum absolute atomic E-state index is 10.5. The van der Waals surface area contributed by atoms with E-state index in [0.717, 1.165) is 5.69 Å². The number of anilines is 1. The Hall–Kier alpha value is -1.69. The molecule has 0 aliphatic heterocycles. The summed E-state index contributed by atoms with van der Waals surface area (Å²) in [4.78, 5) is 10.0. The van der Waals surface area contributed by atoms with E-state index in [9.17, 15) is 10.1 Å². The van der Waals surface area contributed by atoms with Gasteiger partial charge in [0.2, 0.25) is 0 Å². The van der Waals surface area contributed by atoms with E-state index in [2.05, 4.69) is 10.6 Å². The standard InChI is InChI=1S/C11H15N3O2S/c1-11(2,3)13-10(17)12-8-4-6-9(7-5-8)14(15)16/h4-7H,1-3H3,(H2,12,13,17).